The summed E-state index contributed by atoms with van der Waals surface area (Å²) in [5, 5.41) is 23.1. The van der Waals surface area contributed by atoms with Crippen LogP contribution in [-0.4, -0.2) is 26.4 Å². The van der Waals surface area contributed by atoms with Gasteiger partial charge in [-0.1, -0.05) is 17.2 Å². The maximum atomic E-state index is 13.3. The second kappa shape index (κ2) is 4.15. The first-order valence-electron chi connectivity index (χ1n) is 5.42. The highest BCUT2D eigenvalue weighted by atomic mass is 19.1. The Morgan fingerprint density at radius 3 is 3.05 bits per heavy atom. The van der Waals surface area contributed by atoms with Crippen LogP contribution in [0.2, 0.25) is 0 Å². The molecule has 0 fully saturated rings. The number of hydrogen-bond acceptors (Lipinski definition) is 6. The van der Waals surface area contributed by atoms with Crippen LogP contribution in [0.15, 0.2) is 29.8 Å². The average molecular weight is 257 g/mol. The number of fused-ring (bicyclic) bond motifs is 1. The molecule has 3 rings (SSSR count). The summed E-state index contributed by atoms with van der Waals surface area (Å²) in [4.78, 5) is 0. The summed E-state index contributed by atoms with van der Waals surface area (Å²) >= 11 is 0. The lowest BCUT2D eigenvalue weighted by Gasteiger charge is -2.23. The molecule has 0 spiro atoms. The van der Waals surface area contributed by atoms with E-state index < -0.39 is 12.0 Å². The zero-order chi connectivity index (χ0) is 13.4. The second-order valence-corrected chi connectivity index (χ2v) is 3.92. The smallest absolute Gasteiger partial charge is 0.249 e. The number of anilines is 1. The number of rotatable bonds is 1. The average Bonchev–Trinajstić information content (AvgIpc) is 2.84. The third-order valence-corrected chi connectivity index (χ3v) is 2.75. The summed E-state index contributed by atoms with van der Waals surface area (Å²) in [6.07, 6.45) is -0.734. The van der Waals surface area contributed by atoms with Crippen LogP contribution in [0, 0.1) is 17.1 Å². The number of benzene rings is 1. The predicted octanol–water partition coefficient (Wildman–Crippen LogP) is 0.305. The molecule has 1 atom stereocenters. The molecule has 2 heterocycles. The number of nitrogens with one attached hydrogen (secondary N) is 1. The minimum absolute atomic E-state index is 0.241. The van der Waals surface area contributed by atoms with Crippen molar-refractivity contribution in [3.8, 4) is 6.07 Å². The van der Waals surface area contributed by atoms with Crippen LogP contribution >= 0.6 is 0 Å². The number of hydrogen-bond donors (Lipinski definition) is 2. The number of nitrogens with two attached hydrogens (primary N) is 1. The molecule has 1 aromatic carbocycles. The molecule has 3 N–H and O–H groups in total. The fraction of sp³-hybridized carbons (Fsp3) is 0.0909. The van der Waals surface area contributed by atoms with Gasteiger partial charge >= 0.3 is 0 Å². The van der Waals surface area contributed by atoms with Crippen molar-refractivity contribution in [2.24, 2.45) is 5.73 Å². The quantitative estimate of drug-likeness (QED) is 0.761. The summed E-state index contributed by atoms with van der Waals surface area (Å²) in [5.74, 6) is -0.102. The first-order valence-corrected chi connectivity index (χ1v) is 5.42. The van der Waals surface area contributed by atoms with E-state index in [0.29, 0.717) is 17.2 Å². The van der Waals surface area contributed by atoms with Crippen molar-refractivity contribution < 1.29 is 4.39 Å². The molecule has 19 heavy (non-hydrogen) atoms. The third kappa shape index (κ3) is 1.73. The molecule has 94 valence electrons. The Balaban J connectivity index is 2.28. The Morgan fingerprint density at radius 1 is 1.47 bits per heavy atom. The Hall–Kier alpha value is -2.79. The lowest BCUT2D eigenvalue weighted by atomic mass is 10.0. The van der Waals surface area contributed by atoms with Gasteiger partial charge in [0.2, 0.25) is 5.95 Å². The summed E-state index contributed by atoms with van der Waals surface area (Å²) in [6, 6.07) is 7.84. The maximum Gasteiger partial charge on any atom is 0.249 e. The molecule has 1 aliphatic rings. The van der Waals surface area contributed by atoms with Gasteiger partial charge in [0, 0.05) is 5.56 Å². The number of tetrazole rings is 1. The summed E-state index contributed by atoms with van der Waals surface area (Å²) in [5.41, 5.74) is 6.95. The molecule has 0 bridgehead atoms. The number of nitriles is 1. The summed E-state index contributed by atoms with van der Waals surface area (Å²) in [6.45, 7) is 0. The highest BCUT2D eigenvalue weighted by Crippen LogP contribution is 2.28. The first-order chi connectivity index (χ1) is 9.20. The molecule has 1 unspecified atom stereocenters. The predicted molar refractivity (Wildman–Crippen MR) is 63.7 cm³/mol. The molecule has 0 radical (unpaired) electrons. The van der Waals surface area contributed by atoms with Crippen molar-refractivity contribution in [2.45, 2.75) is 6.17 Å². The van der Waals surface area contributed by atoms with E-state index in [1.54, 1.807) is 12.1 Å². The van der Waals surface area contributed by atoms with Crippen molar-refractivity contribution in [2.75, 3.05) is 5.32 Å². The summed E-state index contributed by atoms with van der Waals surface area (Å²) in [7, 11) is 0. The van der Waals surface area contributed by atoms with Gasteiger partial charge in [0.25, 0.3) is 0 Å². The van der Waals surface area contributed by atoms with E-state index >= 15 is 0 Å². The molecule has 7 nitrogen and oxygen atoms in total. The van der Waals surface area contributed by atoms with E-state index in [1.807, 2.05) is 6.07 Å². The van der Waals surface area contributed by atoms with E-state index in [4.69, 9.17) is 5.73 Å². The molecule has 0 saturated heterocycles. The molecule has 1 aliphatic heterocycles. The highest BCUT2D eigenvalue weighted by Gasteiger charge is 2.27. The zero-order valence-electron chi connectivity index (χ0n) is 9.58. The van der Waals surface area contributed by atoms with Gasteiger partial charge in [-0.2, -0.15) is 9.94 Å². The zero-order valence-corrected chi connectivity index (χ0v) is 9.58. The molecule has 0 saturated carbocycles. The molecule has 0 aliphatic carbocycles. The Kier molecular flexibility index (Phi) is 2.47. The second-order valence-electron chi connectivity index (χ2n) is 3.92. The fourth-order valence-corrected chi connectivity index (χ4v) is 1.94. The fourth-order valence-electron chi connectivity index (χ4n) is 1.94. The van der Waals surface area contributed by atoms with Crippen molar-refractivity contribution in [1.82, 2.24) is 20.2 Å². The Bertz CT molecular complexity index is 712. The van der Waals surface area contributed by atoms with E-state index in [-0.39, 0.29) is 5.57 Å². The van der Waals surface area contributed by atoms with Gasteiger partial charge in [-0.25, -0.2) is 4.39 Å². The number of nitrogens with zero attached hydrogens (tertiary/aromatic N) is 5. The van der Waals surface area contributed by atoms with Crippen molar-refractivity contribution in [3.05, 3.63) is 41.2 Å². The van der Waals surface area contributed by atoms with Crippen LogP contribution < -0.4 is 11.1 Å². The topological polar surface area (TPSA) is 105 Å². The molecular formula is C11H8FN7. The van der Waals surface area contributed by atoms with Crippen LogP contribution in [0.25, 0.3) is 5.70 Å². The van der Waals surface area contributed by atoms with Gasteiger partial charge in [0.15, 0.2) is 0 Å². The lowest BCUT2D eigenvalue weighted by Crippen LogP contribution is -2.37. The first kappa shape index (κ1) is 11.3. The minimum atomic E-state index is -0.734. The molecule has 1 aromatic heterocycles. The van der Waals surface area contributed by atoms with Crippen molar-refractivity contribution in [1.29, 1.82) is 5.26 Å². The van der Waals surface area contributed by atoms with Gasteiger partial charge in [-0.15, -0.1) is 0 Å². The normalized spacial score (nSPS) is 17.6. The summed E-state index contributed by atoms with van der Waals surface area (Å²) < 4.78 is 14.7. The van der Waals surface area contributed by atoms with Gasteiger partial charge < -0.3 is 11.1 Å². The van der Waals surface area contributed by atoms with E-state index in [2.05, 4.69) is 20.8 Å². The maximum absolute atomic E-state index is 13.3. The van der Waals surface area contributed by atoms with Gasteiger partial charge in [0.05, 0.1) is 11.3 Å². The van der Waals surface area contributed by atoms with Crippen molar-refractivity contribution in [3.63, 3.8) is 0 Å². The van der Waals surface area contributed by atoms with E-state index in [9.17, 15) is 9.65 Å². The number of aromatic nitrogens is 4. The molecular weight excluding hydrogens is 249 g/mol. The van der Waals surface area contributed by atoms with Gasteiger partial charge in [0.1, 0.15) is 18.1 Å². The van der Waals surface area contributed by atoms with Crippen LogP contribution in [-0.2, 0) is 0 Å². The van der Waals surface area contributed by atoms with Gasteiger partial charge in [-0.05, 0) is 22.6 Å². The largest absolute Gasteiger partial charge is 0.333 e. The van der Waals surface area contributed by atoms with Gasteiger partial charge in [-0.3, -0.25) is 0 Å². The Morgan fingerprint density at radius 2 is 2.32 bits per heavy atom. The number of halogens is 1. The third-order valence-electron chi connectivity index (χ3n) is 2.75. The SMILES string of the molecule is N#CC1=C(c2cccc(F)c2)n2nnnc2NC1N. The van der Waals surface area contributed by atoms with Crippen LogP contribution in [0.4, 0.5) is 10.3 Å². The van der Waals surface area contributed by atoms with Crippen LogP contribution in [0.1, 0.15) is 5.56 Å². The minimum Gasteiger partial charge on any atom is -0.333 e. The standard InChI is InChI=1S/C11H8FN7/c12-7-3-1-2-6(4-7)9-8(5-13)10(14)15-11-16-17-18-19(9)11/h1-4,10H,14H2,(H,15,16,18). The molecule has 0 amide bonds. The lowest BCUT2D eigenvalue weighted by molar-refractivity contribution is 0.626. The van der Waals surface area contributed by atoms with Crippen LogP contribution in [0.5, 0.6) is 0 Å². The van der Waals surface area contributed by atoms with Crippen LogP contribution in [0.3, 0.4) is 0 Å². The van der Waals surface area contributed by atoms with E-state index in [1.165, 1.54) is 16.8 Å². The van der Waals surface area contributed by atoms with E-state index in [0.717, 1.165) is 0 Å². The highest BCUT2D eigenvalue weighted by molar-refractivity contribution is 5.76. The Labute approximate surface area is 107 Å². The monoisotopic (exact) mass is 257 g/mol. The molecule has 8 heteroatoms. The molecule has 2 aromatic rings. The van der Waals surface area contributed by atoms with Crippen molar-refractivity contribution >= 4 is 11.6 Å².